The predicted octanol–water partition coefficient (Wildman–Crippen LogP) is 4.99. The number of Topliss-reactive ketones (excluding diaryl/α,β-unsaturated/α-hetero) is 1. The highest BCUT2D eigenvalue weighted by Crippen LogP contribution is 2.22. The lowest BCUT2D eigenvalue weighted by Crippen LogP contribution is -2.11. The molecule has 0 N–H and O–H groups in total. The monoisotopic (exact) mass is 300 g/mol. The van der Waals surface area contributed by atoms with Crippen molar-refractivity contribution in [1.82, 2.24) is 0 Å². The van der Waals surface area contributed by atoms with Crippen LogP contribution in [-0.2, 0) is 23.1 Å². The number of rotatable bonds is 4. The third-order valence-electron chi connectivity index (χ3n) is 3.57. The van der Waals surface area contributed by atoms with Crippen LogP contribution in [0.1, 0.15) is 37.5 Å². The highest BCUT2D eigenvalue weighted by molar-refractivity contribution is 6.31. The van der Waals surface area contributed by atoms with Gasteiger partial charge in [0.15, 0.2) is 0 Å². The number of hydrogen-bond acceptors (Lipinski definition) is 1. The van der Waals surface area contributed by atoms with Crippen molar-refractivity contribution in [3.05, 3.63) is 70.2 Å². The molecule has 0 radical (unpaired) electrons. The van der Waals surface area contributed by atoms with Gasteiger partial charge in [-0.3, -0.25) is 4.79 Å². The molecule has 2 aromatic carbocycles. The van der Waals surface area contributed by atoms with E-state index in [-0.39, 0.29) is 11.2 Å². The van der Waals surface area contributed by atoms with Crippen LogP contribution >= 0.6 is 11.6 Å². The van der Waals surface area contributed by atoms with E-state index in [1.165, 1.54) is 5.56 Å². The number of benzene rings is 2. The van der Waals surface area contributed by atoms with Gasteiger partial charge in [-0.1, -0.05) is 74.8 Å². The molecule has 0 unspecified atom stereocenters. The molecule has 110 valence electrons. The van der Waals surface area contributed by atoms with E-state index in [9.17, 15) is 4.79 Å². The third-order valence-corrected chi connectivity index (χ3v) is 3.94. The van der Waals surface area contributed by atoms with E-state index in [2.05, 4.69) is 32.9 Å². The summed E-state index contributed by atoms with van der Waals surface area (Å²) in [5.41, 5.74) is 3.38. The van der Waals surface area contributed by atoms with Gasteiger partial charge in [-0.25, -0.2) is 0 Å². The minimum absolute atomic E-state index is 0.139. The van der Waals surface area contributed by atoms with Crippen LogP contribution in [0, 0.1) is 0 Å². The molecule has 2 heteroatoms. The second-order valence-corrected chi connectivity index (χ2v) is 6.84. The van der Waals surface area contributed by atoms with Crippen LogP contribution in [0.25, 0.3) is 0 Å². The zero-order valence-electron chi connectivity index (χ0n) is 12.8. The van der Waals surface area contributed by atoms with Gasteiger partial charge in [-0.05, 0) is 28.2 Å². The van der Waals surface area contributed by atoms with Crippen molar-refractivity contribution >= 4 is 17.4 Å². The van der Waals surface area contributed by atoms with E-state index in [0.717, 1.165) is 11.1 Å². The summed E-state index contributed by atoms with van der Waals surface area (Å²) in [6, 6.07) is 15.8. The van der Waals surface area contributed by atoms with Crippen molar-refractivity contribution in [1.29, 1.82) is 0 Å². The van der Waals surface area contributed by atoms with Crippen molar-refractivity contribution in [3.8, 4) is 0 Å². The van der Waals surface area contributed by atoms with Crippen LogP contribution in [0.3, 0.4) is 0 Å². The Labute approximate surface area is 132 Å². The van der Waals surface area contributed by atoms with Gasteiger partial charge >= 0.3 is 0 Å². The Morgan fingerprint density at radius 3 is 2.14 bits per heavy atom. The van der Waals surface area contributed by atoms with E-state index in [4.69, 9.17) is 11.6 Å². The summed E-state index contributed by atoms with van der Waals surface area (Å²) >= 11 is 6.09. The first-order valence-electron chi connectivity index (χ1n) is 7.21. The summed E-state index contributed by atoms with van der Waals surface area (Å²) in [4.78, 5) is 12.2. The first-order chi connectivity index (χ1) is 9.86. The van der Waals surface area contributed by atoms with Crippen LogP contribution in [0.2, 0.25) is 5.02 Å². The van der Waals surface area contributed by atoms with Gasteiger partial charge in [-0.15, -0.1) is 0 Å². The molecular formula is C19H21ClO. The van der Waals surface area contributed by atoms with E-state index < -0.39 is 0 Å². The lowest BCUT2D eigenvalue weighted by molar-refractivity contribution is -0.117. The molecule has 0 fully saturated rings. The van der Waals surface area contributed by atoms with Crippen LogP contribution in [0.15, 0.2) is 48.5 Å². The maximum Gasteiger partial charge on any atom is 0.141 e. The second-order valence-electron chi connectivity index (χ2n) is 6.43. The van der Waals surface area contributed by atoms with Crippen molar-refractivity contribution in [2.75, 3.05) is 0 Å². The summed E-state index contributed by atoms with van der Waals surface area (Å²) in [5.74, 6) is 0.187. The van der Waals surface area contributed by atoms with Gasteiger partial charge in [0.25, 0.3) is 0 Å². The average molecular weight is 301 g/mol. The molecule has 0 bridgehead atoms. The lowest BCUT2D eigenvalue weighted by atomic mass is 9.86. The number of carbonyl (C=O) groups is 1. The summed E-state index contributed by atoms with van der Waals surface area (Å²) in [5, 5.41) is 0.661. The highest BCUT2D eigenvalue weighted by Gasteiger charge is 2.13. The van der Waals surface area contributed by atoms with Gasteiger partial charge in [0.05, 0.1) is 0 Å². The van der Waals surface area contributed by atoms with Crippen molar-refractivity contribution in [2.24, 2.45) is 0 Å². The molecule has 0 aromatic heterocycles. The van der Waals surface area contributed by atoms with E-state index >= 15 is 0 Å². The number of carbonyl (C=O) groups excluding carboxylic acids is 1. The van der Waals surface area contributed by atoms with Crippen LogP contribution in [-0.4, -0.2) is 5.78 Å². The lowest BCUT2D eigenvalue weighted by Gasteiger charge is -2.19. The standard InChI is InChI=1S/C19H21ClO/c1-19(2,3)16-10-8-14(9-11-16)12-17(21)13-15-6-4-5-7-18(15)20/h4-11H,12-13H2,1-3H3. The quantitative estimate of drug-likeness (QED) is 0.777. The summed E-state index contributed by atoms with van der Waals surface area (Å²) < 4.78 is 0. The Kier molecular flexibility index (Phi) is 4.84. The van der Waals surface area contributed by atoms with Gasteiger partial charge in [0.1, 0.15) is 5.78 Å². The maximum absolute atomic E-state index is 12.2. The molecule has 0 aliphatic heterocycles. The van der Waals surface area contributed by atoms with Gasteiger partial charge in [-0.2, -0.15) is 0 Å². The molecule has 0 saturated carbocycles. The maximum atomic E-state index is 12.2. The normalized spacial score (nSPS) is 11.4. The van der Waals surface area contributed by atoms with Crippen molar-refractivity contribution in [3.63, 3.8) is 0 Å². The van der Waals surface area contributed by atoms with E-state index in [1.807, 2.05) is 36.4 Å². The van der Waals surface area contributed by atoms with Crippen molar-refractivity contribution in [2.45, 2.75) is 39.0 Å². The first kappa shape index (κ1) is 15.8. The van der Waals surface area contributed by atoms with Crippen molar-refractivity contribution < 1.29 is 4.79 Å². The second kappa shape index (κ2) is 6.44. The number of ketones is 1. The molecule has 21 heavy (non-hydrogen) atoms. The van der Waals surface area contributed by atoms with Crippen LogP contribution in [0.5, 0.6) is 0 Å². The minimum Gasteiger partial charge on any atom is -0.299 e. The SMILES string of the molecule is CC(C)(C)c1ccc(CC(=O)Cc2ccccc2Cl)cc1. The van der Waals surface area contributed by atoms with Gasteiger partial charge < -0.3 is 0 Å². The Balaban J connectivity index is 2.02. The Bertz CT molecular complexity index is 621. The molecule has 2 aromatic rings. The van der Waals surface area contributed by atoms with E-state index in [0.29, 0.717) is 17.9 Å². The summed E-state index contributed by atoms with van der Waals surface area (Å²) in [7, 11) is 0. The molecule has 0 saturated heterocycles. The molecule has 2 rings (SSSR count). The van der Waals surface area contributed by atoms with Gasteiger partial charge in [0, 0.05) is 17.9 Å². The van der Waals surface area contributed by atoms with Gasteiger partial charge in [0.2, 0.25) is 0 Å². The van der Waals surface area contributed by atoms with E-state index in [1.54, 1.807) is 0 Å². The Morgan fingerprint density at radius 1 is 0.952 bits per heavy atom. The highest BCUT2D eigenvalue weighted by atomic mass is 35.5. The Morgan fingerprint density at radius 2 is 1.57 bits per heavy atom. The smallest absolute Gasteiger partial charge is 0.141 e. The molecule has 1 nitrogen and oxygen atoms in total. The largest absolute Gasteiger partial charge is 0.299 e. The zero-order valence-corrected chi connectivity index (χ0v) is 13.6. The predicted molar refractivity (Wildman–Crippen MR) is 89.0 cm³/mol. The Hall–Kier alpha value is -1.60. The number of hydrogen-bond donors (Lipinski definition) is 0. The third kappa shape index (κ3) is 4.44. The fraction of sp³-hybridized carbons (Fsp3) is 0.316. The molecular weight excluding hydrogens is 280 g/mol. The minimum atomic E-state index is 0.139. The molecule has 0 aliphatic carbocycles. The molecule has 0 atom stereocenters. The molecule has 0 amide bonds. The summed E-state index contributed by atoms with van der Waals surface area (Å²) in [6.45, 7) is 6.56. The fourth-order valence-electron chi connectivity index (χ4n) is 2.27. The topological polar surface area (TPSA) is 17.1 Å². The summed E-state index contributed by atoms with van der Waals surface area (Å²) in [6.07, 6.45) is 0.844. The van der Waals surface area contributed by atoms with Crippen LogP contribution < -0.4 is 0 Å². The van der Waals surface area contributed by atoms with Crippen LogP contribution in [0.4, 0.5) is 0 Å². The molecule has 0 aliphatic rings. The zero-order chi connectivity index (χ0) is 15.5. The molecule has 0 heterocycles. The fourth-order valence-corrected chi connectivity index (χ4v) is 2.47. The molecule has 0 spiro atoms. The average Bonchev–Trinajstić information content (AvgIpc) is 2.41. The number of halogens is 1. The first-order valence-corrected chi connectivity index (χ1v) is 7.58.